The fourth-order valence-corrected chi connectivity index (χ4v) is 1.02. The summed E-state index contributed by atoms with van der Waals surface area (Å²) in [7, 11) is 0. The van der Waals surface area contributed by atoms with Gasteiger partial charge in [0.1, 0.15) is 11.1 Å². The molecule has 1 aromatic rings. The summed E-state index contributed by atoms with van der Waals surface area (Å²) in [4.78, 5) is 3.92. The highest BCUT2D eigenvalue weighted by atomic mass is 35.5. The van der Waals surface area contributed by atoms with Crippen LogP contribution in [0.1, 0.15) is 18.9 Å². The van der Waals surface area contributed by atoms with Crippen LogP contribution in [0.4, 0.5) is 0 Å². The van der Waals surface area contributed by atoms with Gasteiger partial charge in [0, 0.05) is 6.20 Å². The van der Waals surface area contributed by atoms with E-state index in [1.807, 2.05) is 13.0 Å². The van der Waals surface area contributed by atoms with E-state index >= 15 is 0 Å². The molecule has 1 rings (SSSR count). The predicted molar refractivity (Wildman–Crippen MR) is 49.7 cm³/mol. The molecule has 13 heavy (non-hydrogen) atoms. The molecule has 0 bridgehead atoms. The minimum atomic E-state index is 0.290. The quantitative estimate of drug-likeness (QED) is 0.746. The number of ether oxygens (including phenoxy) is 1. The summed E-state index contributed by atoms with van der Waals surface area (Å²) in [5.41, 5.74) is 0.391. The molecule has 1 aromatic heterocycles. The molecule has 0 saturated heterocycles. The van der Waals surface area contributed by atoms with Crippen LogP contribution in [-0.4, -0.2) is 11.6 Å². The van der Waals surface area contributed by atoms with E-state index in [9.17, 15) is 0 Å². The second kappa shape index (κ2) is 4.68. The Balaban J connectivity index is 2.90. The number of hydrogen-bond donors (Lipinski definition) is 0. The molecule has 0 saturated carbocycles. The Kier molecular flexibility index (Phi) is 3.53. The van der Waals surface area contributed by atoms with E-state index in [4.69, 9.17) is 21.6 Å². The van der Waals surface area contributed by atoms with Crippen LogP contribution < -0.4 is 4.74 Å². The van der Waals surface area contributed by atoms with Crippen LogP contribution in [-0.2, 0) is 0 Å². The van der Waals surface area contributed by atoms with Crippen molar-refractivity contribution in [2.24, 2.45) is 0 Å². The van der Waals surface area contributed by atoms with Gasteiger partial charge in [0.15, 0.2) is 0 Å². The third-order valence-electron chi connectivity index (χ3n) is 1.42. The van der Waals surface area contributed by atoms with Crippen LogP contribution in [0.25, 0.3) is 0 Å². The van der Waals surface area contributed by atoms with Crippen LogP contribution in [0.3, 0.4) is 0 Å². The van der Waals surface area contributed by atoms with Gasteiger partial charge in [-0.1, -0.05) is 18.5 Å². The summed E-state index contributed by atoms with van der Waals surface area (Å²) in [6.07, 6.45) is 2.39. The minimum absolute atomic E-state index is 0.290. The van der Waals surface area contributed by atoms with Gasteiger partial charge in [-0.25, -0.2) is 4.98 Å². The molecule has 0 unspecified atom stereocenters. The summed E-state index contributed by atoms with van der Waals surface area (Å²) >= 11 is 5.83. The van der Waals surface area contributed by atoms with Crippen LogP contribution in [0, 0.1) is 11.3 Å². The molecule has 4 heteroatoms. The maximum atomic E-state index is 8.65. The van der Waals surface area contributed by atoms with Crippen molar-refractivity contribution < 1.29 is 4.74 Å². The number of rotatable bonds is 3. The monoisotopic (exact) mass is 196 g/mol. The van der Waals surface area contributed by atoms with E-state index in [1.54, 1.807) is 6.07 Å². The van der Waals surface area contributed by atoms with Crippen molar-refractivity contribution in [1.29, 1.82) is 5.26 Å². The van der Waals surface area contributed by atoms with Crippen LogP contribution in [0.5, 0.6) is 5.88 Å². The second-order valence-corrected chi connectivity index (χ2v) is 2.82. The smallest absolute Gasteiger partial charge is 0.233 e. The average molecular weight is 197 g/mol. The van der Waals surface area contributed by atoms with E-state index in [0.29, 0.717) is 23.1 Å². The topological polar surface area (TPSA) is 45.9 Å². The molecule has 0 aliphatic carbocycles. The minimum Gasteiger partial charge on any atom is -0.477 e. The fraction of sp³-hybridized carbons (Fsp3) is 0.333. The van der Waals surface area contributed by atoms with E-state index in [0.717, 1.165) is 6.42 Å². The SMILES string of the molecule is CCCOc1nccc(C#N)c1Cl. The van der Waals surface area contributed by atoms with Crippen molar-refractivity contribution in [3.05, 3.63) is 22.8 Å². The van der Waals surface area contributed by atoms with Gasteiger partial charge in [0.25, 0.3) is 0 Å². The van der Waals surface area contributed by atoms with E-state index in [2.05, 4.69) is 4.98 Å². The van der Waals surface area contributed by atoms with Crippen LogP contribution in [0.15, 0.2) is 12.3 Å². The van der Waals surface area contributed by atoms with E-state index in [-0.39, 0.29) is 0 Å². The van der Waals surface area contributed by atoms with Gasteiger partial charge in [-0.15, -0.1) is 0 Å². The molecule has 0 aromatic carbocycles. The highest BCUT2D eigenvalue weighted by Crippen LogP contribution is 2.24. The lowest BCUT2D eigenvalue weighted by molar-refractivity contribution is 0.305. The first-order valence-electron chi connectivity index (χ1n) is 3.97. The van der Waals surface area contributed by atoms with Crippen molar-refractivity contribution in [3.63, 3.8) is 0 Å². The number of pyridine rings is 1. The van der Waals surface area contributed by atoms with Crippen LogP contribution in [0.2, 0.25) is 5.02 Å². The lowest BCUT2D eigenvalue weighted by atomic mass is 10.3. The van der Waals surface area contributed by atoms with Crippen molar-refractivity contribution >= 4 is 11.6 Å². The van der Waals surface area contributed by atoms with Gasteiger partial charge in [-0.05, 0) is 12.5 Å². The van der Waals surface area contributed by atoms with Gasteiger partial charge >= 0.3 is 0 Å². The molecule has 0 radical (unpaired) electrons. The summed E-state index contributed by atoms with van der Waals surface area (Å²) in [6, 6.07) is 3.52. The molecule has 0 atom stereocenters. The molecular weight excluding hydrogens is 188 g/mol. The van der Waals surface area contributed by atoms with Crippen molar-refractivity contribution in [1.82, 2.24) is 4.98 Å². The highest BCUT2D eigenvalue weighted by molar-refractivity contribution is 6.32. The van der Waals surface area contributed by atoms with Gasteiger partial charge in [0.05, 0.1) is 12.2 Å². The molecule has 1 heterocycles. The molecular formula is C9H9ClN2O. The summed E-state index contributed by atoms with van der Waals surface area (Å²) < 4.78 is 5.23. The lowest BCUT2D eigenvalue weighted by Gasteiger charge is -2.05. The Hall–Kier alpha value is -1.27. The summed E-state index contributed by atoms with van der Waals surface area (Å²) in [5.74, 6) is 0.336. The first kappa shape index (κ1) is 9.82. The molecule has 0 aliphatic rings. The average Bonchev–Trinajstić information content (AvgIpc) is 2.16. The van der Waals surface area contributed by atoms with Crippen molar-refractivity contribution in [2.75, 3.05) is 6.61 Å². The van der Waals surface area contributed by atoms with E-state index < -0.39 is 0 Å². The van der Waals surface area contributed by atoms with Gasteiger partial charge in [-0.2, -0.15) is 5.26 Å². The van der Waals surface area contributed by atoms with Gasteiger partial charge in [-0.3, -0.25) is 0 Å². The Morgan fingerprint density at radius 1 is 1.69 bits per heavy atom. The van der Waals surface area contributed by atoms with Crippen molar-refractivity contribution in [3.8, 4) is 11.9 Å². The molecule has 0 amide bonds. The third kappa shape index (κ3) is 2.33. The van der Waals surface area contributed by atoms with E-state index in [1.165, 1.54) is 6.20 Å². The number of nitriles is 1. The molecule has 0 N–H and O–H groups in total. The zero-order valence-electron chi connectivity index (χ0n) is 7.25. The number of halogens is 1. The summed E-state index contributed by atoms with van der Waals surface area (Å²) in [6.45, 7) is 2.55. The normalized spacial score (nSPS) is 9.31. The van der Waals surface area contributed by atoms with Gasteiger partial charge < -0.3 is 4.74 Å². The Labute approximate surface area is 81.9 Å². The Bertz CT molecular complexity index is 333. The largest absolute Gasteiger partial charge is 0.477 e. The number of nitrogens with zero attached hydrogens (tertiary/aromatic N) is 2. The third-order valence-corrected chi connectivity index (χ3v) is 1.79. The zero-order valence-corrected chi connectivity index (χ0v) is 8.01. The molecule has 0 fully saturated rings. The highest BCUT2D eigenvalue weighted by Gasteiger charge is 2.07. The lowest BCUT2D eigenvalue weighted by Crippen LogP contribution is -1.98. The fourth-order valence-electron chi connectivity index (χ4n) is 0.810. The second-order valence-electron chi connectivity index (χ2n) is 2.44. The first-order chi connectivity index (χ1) is 6.29. The molecule has 68 valence electrons. The maximum Gasteiger partial charge on any atom is 0.233 e. The maximum absolute atomic E-state index is 8.65. The first-order valence-corrected chi connectivity index (χ1v) is 4.34. The standard InChI is InChI=1S/C9H9ClN2O/c1-2-5-13-9-8(10)7(6-11)3-4-12-9/h3-4H,2,5H2,1H3. The van der Waals surface area contributed by atoms with Crippen LogP contribution >= 0.6 is 11.6 Å². The molecule has 0 spiro atoms. The Morgan fingerprint density at radius 3 is 3.08 bits per heavy atom. The number of hydrogen-bond acceptors (Lipinski definition) is 3. The zero-order chi connectivity index (χ0) is 9.68. The summed E-state index contributed by atoms with van der Waals surface area (Å²) in [5, 5.41) is 8.94. The molecule has 0 aliphatic heterocycles. The molecule has 3 nitrogen and oxygen atoms in total. The van der Waals surface area contributed by atoms with Gasteiger partial charge in [0.2, 0.25) is 5.88 Å². The Morgan fingerprint density at radius 2 is 2.46 bits per heavy atom. The van der Waals surface area contributed by atoms with Crippen molar-refractivity contribution in [2.45, 2.75) is 13.3 Å². The number of aromatic nitrogens is 1. The predicted octanol–water partition coefficient (Wildman–Crippen LogP) is 2.40.